The molecule has 11 nitrogen and oxygen atoms in total. The number of benzene rings is 2. The van der Waals surface area contributed by atoms with Gasteiger partial charge in [0.25, 0.3) is 0 Å². The van der Waals surface area contributed by atoms with Crippen LogP contribution in [0.4, 0.5) is 24.9 Å². The number of ether oxygens (including phenoxy) is 2. The summed E-state index contributed by atoms with van der Waals surface area (Å²) in [5.41, 5.74) is 8.00. The van der Waals surface area contributed by atoms with Crippen molar-refractivity contribution in [2.45, 2.75) is 58.4 Å². The quantitative estimate of drug-likeness (QED) is 0.184. The first-order valence-corrected chi connectivity index (χ1v) is 16.3. The Kier molecular flexibility index (Phi) is 9.43. The first-order chi connectivity index (χ1) is 23.3. The van der Waals surface area contributed by atoms with Crippen LogP contribution in [0.15, 0.2) is 60.8 Å². The van der Waals surface area contributed by atoms with Gasteiger partial charge in [-0.3, -0.25) is 4.79 Å². The molecule has 2 fully saturated rings. The summed E-state index contributed by atoms with van der Waals surface area (Å²) in [4.78, 5) is 21.7. The maximum absolute atomic E-state index is 14.9. The number of hydrogen-bond acceptors (Lipinski definition) is 9. The highest BCUT2D eigenvalue weighted by Gasteiger charge is 2.46. The molecule has 4 heterocycles. The number of alkyl halides is 3. The van der Waals surface area contributed by atoms with Crippen molar-refractivity contribution in [3.63, 3.8) is 0 Å². The lowest BCUT2D eigenvalue weighted by atomic mass is 9.76. The van der Waals surface area contributed by atoms with Crippen LogP contribution in [0, 0.1) is 18.3 Å². The highest BCUT2D eigenvalue weighted by atomic mass is 19.4. The highest BCUT2D eigenvalue weighted by molar-refractivity contribution is 5.74. The summed E-state index contributed by atoms with van der Waals surface area (Å²) in [5, 5.41) is 16.9. The average molecular weight is 680 g/mol. The van der Waals surface area contributed by atoms with Gasteiger partial charge in [0.2, 0.25) is 17.9 Å². The van der Waals surface area contributed by atoms with E-state index < -0.39 is 24.3 Å². The molecule has 2 saturated heterocycles. The van der Waals surface area contributed by atoms with Crippen molar-refractivity contribution < 1.29 is 32.5 Å². The summed E-state index contributed by atoms with van der Waals surface area (Å²) < 4.78 is 57.6. The van der Waals surface area contributed by atoms with E-state index in [0.29, 0.717) is 74.2 Å². The maximum Gasteiger partial charge on any atom is 0.429 e. The number of carbonyl (C=O) groups is 1. The molecule has 2 aromatic carbocycles. The van der Waals surface area contributed by atoms with Crippen LogP contribution in [-0.2, 0) is 4.79 Å². The molecule has 0 aliphatic carbocycles. The van der Waals surface area contributed by atoms with Gasteiger partial charge in [-0.1, -0.05) is 38.1 Å². The van der Waals surface area contributed by atoms with Crippen molar-refractivity contribution in [3.8, 4) is 28.4 Å². The van der Waals surface area contributed by atoms with Crippen molar-refractivity contribution in [1.82, 2.24) is 25.1 Å². The standard InChI is InChI=1S/C35H40F3N7O4/c1-21(2)19-48-25-7-4-23(5-8-25)24-6-9-26(28(16-24)45-13-10-22(3)43-45)31(35(36,37)38)49-30-17-29(41-33(39)42-30)44-14-11-34(12-15-44)18-27(32(46)47)40-20-34/h4-10,13,16-17,21,27,31,40H,11-12,14-15,18-20H2,1-3H3,(H,46,47)(H2,39,41,42). The lowest BCUT2D eigenvalue weighted by Gasteiger charge is -2.39. The van der Waals surface area contributed by atoms with Crippen molar-refractivity contribution in [2.75, 3.05) is 36.9 Å². The third kappa shape index (κ3) is 7.74. The molecule has 260 valence electrons. The van der Waals surface area contributed by atoms with E-state index in [1.807, 2.05) is 29.2 Å². The number of halogens is 3. The number of nitrogens with zero attached hydrogens (tertiary/aromatic N) is 5. The van der Waals surface area contributed by atoms with Gasteiger partial charge in [0.1, 0.15) is 17.6 Å². The monoisotopic (exact) mass is 679 g/mol. The Balaban J connectivity index is 1.28. The van der Waals surface area contributed by atoms with E-state index in [1.54, 1.807) is 31.3 Å². The minimum absolute atomic E-state index is 0.156. The zero-order valence-corrected chi connectivity index (χ0v) is 27.6. The van der Waals surface area contributed by atoms with Gasteiger partial charge in [-0.15, -0.1) is 0 Å². The first-order valence-electron chi connectivity index (χ1n) is 16.3. The molecule has 2 atom stereocenters. The molecule has 4 N–H and O–H groups in total. The van der Waals surface area contributed by atoms with Gasteiger partial charge in [-0.2, -0.15) is 28.2 Å². The second kappa shape index (κ2) is 13.6. The van der Waals surface area contributed by atoms with Crippen molar-refractivity contribution >= 4 is 17.7 Å². The third-order valence-corrected chi connectivity index (χ3v) is 9.10. The van der Waals surface area contributed by atoms with Gasteiger partial charge in [0.05, 0.1) is 18.0 Å². The van der Waals surface area contributed by atoms with Crippen LogP contribution in [0.3, 0.4) is 0 Å². The molecule has 0 bridgehead atoms. The Morgan fingerprint density at radius 3 is 2.41 bits per heavy atom. The van der Waals surface area contributed by atoms with E-state index in [0.717, 1.165) is 5.56 Å². The summed E-state index contributed by atoms with van der Waals surface area (Å²) >= 11 is 0. The normalized spacial score (nSPS) is 18.2. The van der Waals surface area contributed by atoms with Crippen molar-refractivity contribution in [3.05, 3.63) is 72.1 Å². The minimum Gasteiger partial charge on any atom is -0.493 e. The number of hydrogen-bond donors (Lipinski definition) is 3. The van der Waals surface area contributed by atoms with E-state index in [9.17, 15) is 23.1 Å². The van der Waals surface area contributed by atoms with Gasteiger partial charge in [0, 0.05) is 37.5 Å². The van der Waals surface area contributed by atoms with E-state index in [-0.39, 0.29) is 28.5 Å². The van der Waals surface area contributed by atoms with Crippen LogP contribution in [0.2, 0.25) is 0 Å². The largest absolute Gasteiger partial charge is 0.493 e. The number of aliphatic carboxylic acids is 1. The summed E-state index contributed by atoms with van der Waals surface area (Å²) in [7, 11) is 0. The number of rotatable bonds is 10. The predicted molar refractivity (Wildman–Crippen MR) is 178 cm³/mol. The van der Waals surface area contributed by atoms with Gasteiger partial charge in [0.15, 0.2) is 0 Å². The maximum atomic E-state index is 14.9. The Bertz CT molecular complexity index is 1790. The lowest BCUT2D eigenvalue weighted by molar-refractivity contribution is -0.198. The Hall–Kier alpha value is -4.85. The molecule has 2 aliphatic heterocycles. The molecular formula is C35H40F3N7O4. The Morgan fingerprint density at radius 2 is 1.80 bits per heavy atom. The molecule has 4 aromatic rings. The molecule has 0 radical (unpaired) electrons. The van der Waals surface area contributed by atoms with E-state index in [1.165, 1.54) is 16.8 Å². The van der Waals surface area contributed by atoms with E-state index >= 15 is 0 Å². The molecule has 1 spiro atoms. The Morgan fingerprint density at radius 1 is 1.08 bits per heavy atom. The number of anilines is 2. The molecule has 6 rings (SSSR count). The number of nitrogens with two attached hydrogens (primary N) is 1. The fraction of sp³-hybridized carbons (Fsp3) is 0.429. The zero-order valence-electron chi connectivity index (χ0n) is 27.6. The van der Waals surface area contributed by atoms with Gasteiger partial charge in [-0.25, -0.2) is 4.68 Å². The van der Waals surface area contributed by atoms with Crippen LogP contribution < -0.4 is 25.4 Å². The number of nitrogens with one attached hydrogen (secondary N) is 1. The molecule has 2 aliphatic rings. The second-order valence-electron chi connectivity index (χ2n) is 13.3. The average Bonchev–Trinajstić information content (AvgIpc) is 3.69. The summed E-state index contributed by atoms with van der Waals surface area (Å²) in [5.74, 6) is 0.00758. The third-order valence-electron chi connectivity index (χ3n) is 9.10. The molecule has 0 amide bonds. The van der Waals surface area contributed by atoms with Crippen molar-refractivity contribution in [2.24, 2.45) is 11.3 Å². The minimum atomic E-state index is -4.83. The first kappa shape index (κ1) is 34.0. The molecule has 49 heavy (non-hydrogen) atoms. The van der Waals surface area contributed by atoms with E-state index in [4.69, 9.17) is 15.2 Å². The van der Waals surface area contributed by atoms with Crippen LogP contribution >= 0.6 is 0 Å². The molecule has 0 saturated carbocycles. The number of carboxylic acid groups (broad SMARTS) is 1. The summed E-state index contributed by atoms with van der Waals surface area (Å²) in [6.45, 7) is 8.10. The SMILES string of the molecule is Cc1ccn(-c2cc(-c3ccc(OCC(C)C)cc3)ccc2C(Oc2cc(N3CCC4(CC3)CNC(C(=O)O)C4)nc(N)n2)C(F)(F)F)n1. The van der Waals surface area contributed by atoms with Crippen LogP contribution in [0.1, 0.15) is 50.5 Å². The smallest absolute Gasteiger partial charge is 0.429 e. The topological polar surface area (TPSA) is 141 Å². The zero-order chi connectivity index (χ0) is 34.9. The second-order valence-corrected chi connectivity index (χ2v) is 13.3. The predicted octanol–water partition coefficient (Wildman–Crippen LogP) is 5.97. The van der Waals surface area contributed by atoms with Crippen LogP contribution in [-0.4, -0.2) is 69.3 Å². The van der Waals surface area contributed by atoms with E-state index in [2.05, 4.69) is 34.2 Å². The lowest BCUT2D eigenvalue weighted by Crippen LogP contribution is -2.41. The number of piperidine rings is 1. The summed E-state index contributed by atoms with van der Waals surface area (Å²) in [6.07, 6.45) is -3.71. The van der Waals surface area contributed by atoms with Gasteiger partial charge >= 0.3 is 12.1 Å². The highest BCUT2D eigenvalue weighted by Crippen LogP contribution is 2.43. The van der Waals surface area contributed by atoms with Gasteiger partial charge < -0.3 is 30.5 Å². The molecular weight excluding hydrogens is 639 g/mol. The van der Waals surface area contributed by atoms with Crippen LogP contribution in [0.25, 0.3) is 16.8 Å². The molecule has 2 unspecified atom stereocenters. The number of carboxylic acids is 1. The van der Waals surface area contributed by atoms with Crippen molar-refractivity contribution in [1.29, 1.82) is 0 Å². The number of aromatic nitrogens is 4. The van der Waals surface area contributed by atoms with Crippen LogP contribution in [0.5, 0.6) is 11.6 Å². The molecule has 2 aromatic heterocycles. The Labute approximate surface area is 282 Å². The fourth-order valence-corrected chi connectivity index (χ4v) is 6.46. The fourth-order valence-electron chi connectivity index (χ4n) is 6.46. The number of aryl methyl sites for hydroxylation is 1. The van der Waals surface area contributed by atoms with Gasteiger partial charge in [-0.05, 0) is 72.9 Å². The molecule has 14 heteroatoms. The number of nitrogen functional groups attached to an aromatic ring is 1. The summed E-state index contributed by atoms with van der Waals surface area (Å²) in [6, 6.07) is 14.6.